The van der Waals surface area contributed by atoms with Gasteiger partial charge in [-0.25, -0.2) is 8.42 Å². The van der Waals surface area contributed by atoms with Crippen molar-refractivity contribution in [2.45, 2.75) is 31.2 Å². The number of methoxy groups -OCH3 is 2. The molecule has 0 saturated carbocycles. The van der Waals surface area contributed by atoms with Crippen molar-refractivity contribution in [2.75, 3.05) is 27.4 Å². The van der Waals surface area contributed by atoms with Gasteiger partial charge in [0.05, 0.1) is 26.9 Å². The lowest BCUT2D eigenvalue weighted by Crippen LogP contribution is -2.45. The maximum absolute atomic E-state index is 12.8. The Bertz CT molecular complexity index is 1010. The molecule has 2 N–H and O–H groups in total. The molecule has 31 heavy (non-hydrogen) atoms. The predicted molar refractivity (Wildman–Crippen MR) is 119 cm³/mol. The molecule has 0 aromatic heterocycles. The van der Waals surface area contributed by atoms with Gasteiger partial charge in [-0.05, 0) is 56.2 Å². The molecule has 0 radical (unpaired) electrons. The van der Waals surface area contributed by atoms with Gasteiger partial charge in [0.25, 0.3) is 0 Å². The molecular weight excluding hydrogens is 444 g/mol. The predicted octanol–water partition coefficient (Wildman–Crippen LogP) is 2.78. The minimum Gasteiger partial charge on any atom is -0.493 e. The summed E-state index contributed by atoms with van der Waals surface area (Å²) in [6.07, 6.45) is 0.536. The number of carbonyl (C=O) groups excluding carboxylic acids is 1. The summed E-state index contributed by atoms with van der Waals surface area (Å²) in [4.78, 5) is 12.3. The lowest BCUT2D eigenvalue weighted by molar-refractivity contribution is -0.122. The highest BCUT2D eigenvalue weighted by Gasteiger charge is 2.25. The molecule has 1 unspecified atom stereocenters. The van der Waals surface area contributed by atoms with Crippen LogP contribution in [0.5, 0.6) is 17.2 Å². The highest BCUT2D eigenvalue weighted by Crippen LogP contribution is 2.28. The van der Waals surface area contributed by atoms with E-state index in [1.807, 2.05) is 12.1 Å². The van der Waals surface area contributed by atoms with Crippen LogP contribution in [0.4, 0.5) is 0 Å². The molecule has 2 aromatic carbocycles. The van der Waals surface area contributed by atoms with Crippen LogP contribution in [0.3, 0.4) is 0 Å². The Balaban J connectivity index is 1.99. The first-order chi connectivity index (χ1) is 14.7. The molecule has 10 heteroatoms. The van der Waals surface area contributed by atoms with E-state index >= 15 is 0 Å². The molecule has 1 amide bonds. The zero-order valence-corrected chi connectivity index (χ0v) is 19.5. The lowest BCUT2D eigenvalue weighted by Gasteiger charge is -2.17. The highest BCUT2D eigenvalue weighted by molar-refractivity contribution is 7.89. The maximum Gasteiger partial charge on any atom is 0.245 e. The molecule has 0 heterocycles. The standard InChI is InChI=1S/C21H27ClN2O6S/c1-5-30-18-9-7-16(22)13-20(18)31(26,27)24-14(2)21(25)23-11-10-15-6-8-17(28-3)19(12-15)29-4/h6-9,12-14,24H,5,10-11H2,1-4H3,(H,23,25). The first-order valence-electron chi connectivity index (χ1n) is 9.65. The summed E-state index contributed by atoms with van der Waals surface area (Å²) in [6, 6.07) is 8.79. The third kappa shape index (κ3) is 6.75. The number of hydrogen-bond donors (Lipinski definition) is 2. The lowest BCUT2D eigenvalue weighted by atomic mass is 10.1. The van der Waals surface area contributed by atoms with Crippen LogP contribution in [-0.4, -0.2) is 47.7 Å². The van der Waals surface area contributed by atoms with E-state index < -0.39 is 22.0 Å². The van der Waals surface area contributed by atoms with E-state index in [1.165, 1.54) is 25.1 Å². The van der Waals surface area contributed by atoms with Gasteiger partial charge in [0.1, 0.15) is 10.6 Å². The Labute approximate surface area is 187 Å². The largest absolute Gasteiger partial charge is 0.493 e. The van der Waals surface area contributed by atoms with Gasteiger partial charge in [-0.15, -0.1) is 0 Å². The van der Waals surface area contributed by atoms with Crippen LogP contribution in [0.2, 0.25) is 5.02 Å². The Hall–Kier alpha value is -2.49. The number of amides is 1. The van der Waals surface area contributed by atoms with Gasteiger partial charge in [-0.2, -0.15) is 4.72 Å². The minimum absolute atomic E-state index is 0.119. The van der Waals surface area contributed by atoms with Crippen molar-refractivity contribution in [1.82, 2.24) is 10.0 Å². The quantitative estimate of drug-likeness (QED) is 0.523. The van der Waals surface area contributed by atoms with Gasteiger partial charge in [-0.1, -0.05) is 17.7 Å². The first-order valence-corrected chi connectivity index (χ1v) is 11.5. The van der Waals surface area contributed by atoms with E-state index in [1.54, 1.807) is 27.2 Å². The fourth-order valence-corrected chi connectivity index (χ4v) is 4.45. The van der Waals surface area contributed by atoms with Crippen molar-refractivity contribution in [2.24, 2.45) is 0 Å². The van der Waals surface area contributed by atoms with Crippen molar-refractivity contribution in [3.63, 3.8) is 0 Å². The van der Waals surface area contributed by atoms with Crippen molar-refractivity contribution in [3.8, 4) is 17.2 Å². The molecule has 1 atom stereocenters. The van der Waals surface area contributed by atoms with Crippen molar-refractivity contribution >= 4 is 27.5 Å². The monoisotopic (exact) mass is 470 g/mol. The number of ether oxygens (including phenoxy) is 3. The second-order valence-corrected chi connectivity index (χ2v) is 8.72. The Morgan fingerprint density at radius 1 is 1.06 bits per heavy atom. The van der Waals surface area contributed by atoms with Gasteiger partial charge >= 0.3 is 0 Å². The second-order valence-electron chi connectivity index (χ2n) is 6.60. The summed E-state index contributed by atoms with van der Waals surface area (Å²) in [7, 11) is -0.918. The van der Waals surface area contributed by atoms with E-state index in [0.29, 0.717) is 24.5 Å². The molecular formula is C21H27ClN2O6S. The second kappa shape index (κ2) is 11.2. The summed E-state index contributed by atoms with van der Waals surface area (Å²) in [6.45, 7) is 3.82. The number of halogens is 1. The number of nitrogens with one attached hydrogen (secondary N) is 2. The SMILES string of the molecule is CCOc1ccc(Cl)cc1S(=O)(=O)NC(C)C(=O)NCCc1ccc(OC)c(OC)c1. The molecule has 2 rings (SSSR count). The summed E-state index contributed by atoms with van der Waals surface area (Å²) in [5.74, 6) is 0.925. The van der Waals surface area contributed by atoms with E-state index in [4.69, 9.17) is 25.8 Å². The fourth-order valence-electron chi connectivity index (χ4n) is 2.84. The number of rotatable bonds is 11. The molecule has 0 aliphatic carbocycles. The summed E-state index contributed by atoms with van der Waals surface area (Å²) < 4.78 is 43.7. The molecule has 0 spiro atoms. The van der Waals surface area contributed by atoms with Crippen molar-refractivity contribution in [3.05, 3.63) is 47.0 Å². The molecule has 0 fully saturated rings. The van der Waals surface area contributed by atoms with Crippen LogP contribution in [0.1, 0.15) is 19.4 Å². The van der Waals surface area contributed by atoms with Gasteiger partial charge in [-0.3, -0.25) is 4.79 Å². The molecule has 170 valence electrons. The van der Waals surface area contributed by atoms with Crippen LogP contribution in [-0.2, 0) is 21.2 Å². The molecule has 0 aliphatic rings. The van der Waals surface area contributed by atoms with Crippen LogP contribution in [0, 0.1) is 0 Å². The number of hydrogen-bond acceptors (Lipinski definition) is 6. The third-order valence-corrected chi connectivity index (χ3v) is 6.18. The molecule has 8 nitrogen and oxygen atoms in total. The number of sulfonamides is 1. The average Bonchev–Trinajstić information content (AvgIpc) is 2.74. The highest BCUT2D eigenvalue weighted by atomic mass is 35.5. The van der Waals surface area contributed by atoms with Crippen LogP contribution < -0.4 is 24.2 Å². The van der Waals surface area contributed by atoms with Crippen LogP contribution in [0.25, 0.3) is 0 Å². The Kier molecular flexibility index (Phi) is 8.97. The smallest absolute Gasteiger partial charge is 0.245 e. The summed E-state index contributed by atoms with van der Waals surface area (Å²) in [5.41, 5.74) is 0.937. The molecule has 0 saturated heterocycles. The van der Waals surface area contributed by atoms with E-state index in [9.17, 15) is 13.2 Å². The normalized spacial score (nSPS) is 12.2. The van der Waals surface area contributed by atoms with Gasteiger partial charge in [0, 0.05) is 11.6 Å². The van der Waals surface area contributed by atoms with E-state index in [0.717, 1.165) is 5.56 Å². The number of benzene rings is 2. The zero-order chi connectivity index (χ0) is 23.0. The minimum atomic E-state index is -4.02. The molecule has 0 bridgehead atoms. The van der Waals surface area contributed by atoms with Crippen molar-refractivity contribution < 1.29 is 27.4 Å². The topological polar surface area (TPSA) is 103 Å². The Morgan fingerprint density at radius 3 is 2.39 bits per heavy atom. The van der Waals surface area contributed by atoms with Gasteiger partial charge in [0.2, 0.25) is 15.9 Å². The van der Waals surface area contributed by atoms with Gasteiger partial charge in [0.15, 0.2) is 11.5 Å². The molecule has 2 aromatic rings. The van der Waals surface area contributed by atoms with Gasteiger partial charge < -0.3 is 19.5 Å². The Morgan fingerprint density at radius 2 is 1.74 bits per heavy atom. The van der Waals surface area contributed by atoms with Crippen LogP contribution >= 0.6 is 11.6 Å². The summed E-state index contributed by atoms with van der Waals surface area (Å²) in [5, 5.41) is 2.97. The zero-order valence-electron chi connectivity index (χ0n) is 17.9. The van der Waals surface area contributed by atoms with Crippen LogP contribution in [0.15, 0.2) is 41.3 Å². The molecule has 0 aliphatic heterocycles. The maximum atomic E-state index is 12.8. The third-order valence-electron chi connectivity index (χ3n) is 4.38. The average molecular weight is 471 g/mol. The number of carbonyl (C=O) groups is 1. The van der Waals surface area contributed by atoms with E-state index in [2.05, 4.69) is 10.0 Å². The fraction of sp³-hybridized carbons (Fsp3) is 0.381. The first kappa shape index (κ1) is 24.8. The van der Waals surface area contributed by atoms with Crippen molar-refractivity contribution in [1.29, 1.82) is 0 Å². The summed E-state index contributed by atoms with van der Waals surface area (Å²) >= 11 is 5.95. The van der Waals surface area contributed by atoms with E-state index in [-0.39, 0.29) is 22.3 Å².